The summed E-state index contributed by atoms with van der Waals surface area (Å²) < 4.78 is 10.7. The van der Waals surface area contributed by atoms with Gasteiger partial charge in [0.1, 0.15) is 5.75 Å². The van der Waals surface area contributed by atoms with Crippen LogP contribution in [0, 0.1) is 5.92 Å². The molecule has 0 aliphatic heterocycles. The van der Waals surface area contributed by atoms with Gasteiger partial charge in [-0.3, -0.25) is 4.79 Å². The van der Waals surface area contributed by atoms with Crippen LogP contribution in [-0.4, -0.2) is 24.6 Å². The van der Waals surface area contributed by atoms with Crippen LogP contribution in [0.25, 0.3) is 0 Å². The molecule has 132 valence electrons. The largest absolute Gasteiger partial charge is 0.481 e. The Labute approximate surface area is 148 Å². The van der Waals surface area contributed by atoms with E-state index in [9.17, 15) is 9.59 Å². The molecule has 0 radical (unpaired) electrons. The maximum absolute atomic E-state index is 12.2. The molecule has 0 bridgehead atoms. The number of benzene rings is 2. The van der Waals surface area contributed by atoms with Crippen molar-refractivity contribution in [2.24, 2.45) is 5.92 Å². The maximum atomic E-state index is 12.2. The van der Waals surface area contributed by atoms with Crippen LogP contribution in [0.5, 0.6) is 5.75 Å². The van der Waals surface area contributed by atoms with Crippen molar-refractivity contribution in [2.45, 2.75) is 26.9 Å². The van der Waals surface area contributed by atoms with Crippen molar-refractivity contribution >= 4 is 17.6 Å². The quantitative estimate of drug-likeness (QED) is 0.776. The van der Waals surface area contributed by atoms with Crippen molar-refractivity contribution < 1.29 is 19.1 Å². The summed E-state index contributed by atoms with van der Waals surface area (Å²) in [5.74, 6) is 0.286. The van der Waals surface area contributed by atoms with E-state index in [1.54, 1.807) is 43.3 Å². The topological polar surface area (TPSA) is 64.6 Å². The molecule has 2 rings (SSSR count). The molecule has 0 fully saturated rings. The number of nitrogens with one attached hydrogen (secondary N) is 1. The zero-order valence-electron chi connectivity index (χ0n) is 14.7. The summed E-state index contributed by atoms with van der Waals surface area (Å²) in [6, 6.07) is 15.7. The van der Waals surface area contributed by atoms with E-state index in [1.807, 2.05) is 32.0 Å². The highest BCUT2D eigenvalue weighted by atomic mass is 16.5. The summed E-state index contributed by atoms with van der Waals surface area (Å²) in [5, 5.41) is 2.76. The second-order valence-corrected chi connectivity index (χ2v) is 6.13. The summed E-state index contributed by atoms with van der Waals surface area (Å²) in [6.07, 6.45) is -0.641. The smallest absolute Gasteiger partial charge is 0.338 e. The van der Waals surface area contributed by atoms with E-state index in [0.717, 1.165) is 0 Å². The zero-order chi connectivity index (χ0) is 18.2. The minimum atomic E-state index is -0.641. The molecular weight excluding hydrogens is 318 g/mol. The van der Waals surface area contributed by atoms with Crippen molar-refractivity contribution in [3.05, 3.63) is 60.2 Å². The predicted octanol–water partition coefficient (Wildman–Crippen LogP) is 3.91. The van der Waals surface area contributed by atoms with E-state index in [0.29, 0.717) is 23.6 Å². The van der Waals surface area contributed by atoms with Gasteiger partial charge in [-0.05, 0) is 49.2 Å². The molecule has 1 unspecified atom stereocenters. The van der Waals surface area contributed by atoms with E-state index < -0.39 is 6.10 Å². The molecule has 25 heavy (non-hydrogen) atoms. The third kappa shape index (κ3) is 5.95. The van der Waals surface area contributed by atoms with Crippen LogP contribution in [0.15, 0.2) is 54.6 Å². The number of ether oxygens (including phenoxy) is 2. The fraction of sp³-hybridized carbons (Fsp3) is 0.300. The van der Waals surface area contributed by atoms with Gasteiger partial charge in [0.15, 0.2) is 6.10 Å². The first-order valence-electron chi connectivity index (χ1n) is 8.25. The van der Waals surface area contributed by atoms with Crippen molar-refractivity contribution in [1.29, 1.82) is 0 Å². The predicted molar refractivity (Wildman–Crippen MR) is 96.7 cm³/mol. The first-order valence-corrected chi connectivity index (χ1v) is 8.25. The third-order valence-electron chi connectivity index (χ3n) is 3.36. The SMILES string of the molecule is CC(C)COC(=O)c1ccc(NC(=O)C(C)Oc2ccccc2)cc1. The lowest BCUT2D eigenvalue weighted by Gasteiger charge is -2.15. The van der Waals surface area contributed by atoms with Crippen LogP contribution in [-0.2, 0) is 9.53 Å². The number of carbonyl (C=O) groups excluding carboxylic acids is 2. The van der Waals surface area contributed by atoms with Crippen LogP contribution in [0.3, 0.4) is 0 Å². The fourth-order valence-electron chi connectivity index (χ4n) is 2.02. The van der Waals surface area contributed by atoms with E-state index in [4.69, 9.17) is 9.47 Å². The Balaban J connectivity index is 1.89. The monoisotopic (exact) mass is 341 g/mol. The summed E-state index contributed by atoms with van der Waals surface area (Å²) in [7, 11) is 0. The number of amides is 1. The Morgan fingerprint density at radius 1 is 0.960 bits per heavy atom. The van der Waals surface area contributed by atoms with Crippen molar-refractivity contribution in [1.82, 2.24) is 0 Å². The van der Waals surface area contributed by atoms with Crippen LogP contribution >= 0.6 is 0 Å². The molecule has 1 amide bonds. The number of carbonyl (C=O) groups is 2. The first kappa shape index (κ1) is 18.5. The van der Waals surface area contributed by atoms with Gasteiger partial charge in [0, 0.05) is 5.69 Å². The van der Waals surface area contributed by atoms with Crippen LogP contribution in [0.2, 0.25) is 0 Å². The van der Waals surface area contributed by atoms with E-state index in [1.165, 1.54) is 0 Å². The normalized spacial score (nSPS) is 11.7. The van der Waals surface area contributed by atoms with Gasteiger partial charge in [-0.25, -0.2) is 4.79 Å². The molecule has 2 aromatic rings. The first-order chi connectivity index (χ1) is 12.0. The molecule has 1 N–H and O–H groups in total. The number of para-hydroxylation sites is 1. The minimum Gasteiger partial charge on any atom is -0.481 e. The number of esters is 1. The second kappa shape index (κ2) is 8.87. The van der Waals surface area contributed by atoms with Gasteiger partial charge in [0.2, 0.25) is 0 Å². The molecule has 1 atom stereocenters. The van der Waals surface area contributed by atoms with Crippen molar-refractivity contribution in [2.75, 3.05) is 11.9 Å². The highest BCUT2D eigenvalue weighted by Crippen LogP contribution is 2.14. The molecule has 2 aromatic carbocycles. The molecule has 0 spiro atoms. The summed E-state index contributed by atoms with van der Waals surface area (Å²) in [4.78, 5) is 24.0. The third-order valence-corrected chi connectivity index (χ3v) is 3.36. The van der Waals surface area contributed by atoms with Gasteiger partial charge in [0.05, 0.1) is 12.2 Å². The zero-order valence-corrected chi connectivity index (χ0v) is 14.7. The highest BCUT2D eigenvalue weighted by molar-refractivity contribution is 5.95. The van der Waals surface area contributed by atoms with Crippen LogP contribution < -0.4 is 10.1 Å². The standard InChI is InChI=1S/C20H23NO4/c1-14(2)13-24-20(23)16-9-11-17(12-10-16)21-19(22)15(3)25-18-7-5-4-6-8-18/h4-12,14-15H,13H2,1-3H3,(H,21,22). The number of hydrogen-bond acceptors (Lipinski definition) is 4. The molecule has 0 aliphatic rings. The Bertz CT molecular complexity index is 695. The lowest BCUT2D eigenvalue weighted by atomic mass is 10.2. The van der Waals surface area contributed by atoms with Gasteiger partial charge in [-0.15, -0.1) is 0 Å². The van der Waals surface area contributed by atoms with E-state index in [-0.39, 0.29) is 17.8 Å². The second-order valence-electron chi connectivity index (χ2n) is 6.13. The molecule has 0 heterocycles. The van der Waals surface area contributed by atoms with E-state index in [2.05, 4.69) is 5.32 Å². The van der Waals surface area contributed by atoms with Crippen molar-refractivity contribution in [3.8, 4) is 5.75 Å². The highest BCUT2D eigenvalue weighted by Gasteiger charge is 2.15. The van der Waals surface area contributed by atoms with Gasteiger partial charge in [-0.2, -0.15) is 0 Å². The molecule has 0 aliphatic carbocycles. The number of rotatable bonds is 7. The molecular formula is C20H23NO4. The number of hydrogen-bond donors (Lipinski definition) is 1. The van der Waals surface area contributed by atoms with Gasteiger partial charge in [0.25, 0.3) is 5.91 Å². The summed E-state index contributed by atoms with van der Waals surface area (Å²) in [6.45, 7) is 6.01. The molecule has 0 aromatic heterocycles. The molecule has 0 saturated carbocycles. The van der Waals surface area contributed by atoms with Crippen LogP contribution in [0.1, 0.15) is 31.1 Å². The van der Waals surface area contributed by atoms with Gasteiger partial charge in [-0.1, -0.05) is 32.0 Å². The molecule has 0 saturated heterocycles. The average molecular weight is 341 g/mol. The Morgan fingerprint density at radius 3 is 2.20 bits per heavy atom. The molecule has 5 nitrogen and oxygen atoms in total. The Hall–Kier alpha value is -2.82. The van der Waals surface area contributed by atoms with Crippen LogP contribution in [0.4, 0.5) is 5.69 Å². The number of anilines is 1. The average Bonchev–Trinajstić information content (AvgIpc) is 2.61. The molecule has 5 heteroatoms. The Kier molecular flexibility index (Phi) is 6.57. The minimum absolute atomic E-state index is 0.265. The maximum Gasteiger partial charge on any atom is 0.338 e. The lowest BCUT2D eigenvalue weighted by Crippen LogP contribution is -2.30. The fourth-order valence-corrected chi connectivity index (χ4v) is 2.02. The summed E-state index contributed by atoms with van der Waals surface area (Å²) in [5.41, 5.74) is 1.04. The lowest BCUT2D eigenvalue weighted by molar-refractivity contribution is -0.122. The Morgan fingerprint density at radius 2 is 1.60 bits per heavy atom. The summed E-state index contributed by atoms with van der Waals surface area (Å²) >= 11 is 0. The van der Waals surface area contributed by atoms with E-state index >= 15 is 0 Å². The van der Waals surface area contributed by atoms with Crippen molar-refractivity contribution in [3.63, 3.8) is 0 Å². The van der Waals surface area contributed by atoms with Gasteiger partial charge < -0.3 is 14.8 Å². The van der Waals surface area contributed by atoms with Gasteiger partial charge >= 0.3 is 5.97 Å².